The van der Waals surface area contributed by atoms with Crippen molar-refractivity contribution in [3.8, 4) is 11.5 Å². The minimum atomic E-state index is -0.0563. The summed E-state index contributed by atoms with van der Waals surface area (Å²) in [6.45, 7) is 1.17. The standard InChI is InChI=1S/C19H21NO4S/c1-23-15-10-14(11-16(12-15)24-2)19(22)20-7-5-13(6-8-20)18(21)17-4-3-9-25-17/h3-4,9-13H,5-8H2,1-2H3. The second-order valence-electron chi connectivity index (χ2n) is 6.01. The second kappa shape index (κ2) is 7.70. The van der Waals surface area contributed by atoms with Crippen LogP contribution in [0.3, 0.4) is 0 Å². The molecule has 1 saturated heterocycles. The van der Waals surface area contributed by atoms with Gasteiger partial charge >= 0.3 is 0 Å². The number of ether oxygens (including phenoxy) is 2. The molecule has 0 aliphatic carbocycles. The molecule has 0 N–H and O–H groups in total. The van der Waals surface area contributed by atoms with E-state index in [1.54, 1.807) is 37.3 Å². The maximum Gasteiger partial charge on any atom is 0.254 e. The van der Waals surface area contributed by atoms with Crippen molar-refractivity contribution < 1.29 is 19.1 Å². The zero-order valence-corrected chi connectivity index (χ0v) is 15.2. The quantitative estimate of drug-likeness (QED) is 0.767. The summed E-state index contributed by atoms with van der Waals surface area (Å²) in [4.78, 5) is 27.8. The molecule has 1 aliphatic rings. The van der Waals surface area contributed by atoms with E-state index in [1.807, 2.05) is 17.5 Å². The molecule has 132 valence electrons. The third kappa shape index (κ3) is 3.85. The molecule has 2 heterocycles. The van der Waals surface area contributed by atoms with Gasteiger partial charge in [-0.25, -0.2) is 0 Å². The van der Waals surface area contributed by atoms with Crippen molar-refractivity contribution in [2.45, 2.75) is 12.8 Å². The zero-order chi connectivity index (χ0) is 17.8. The SMILES string of the molecule is COc1cc(OC)cc(C(=O)N2CCC(C(=O)c3cccs3)CC2)c1. The highest BCUT2D eigenvalue weighted by Crippen LogP contribution is 2.27. The van der Waals surface area contributed by atoms with Crippen LogP contribution in [0.15, 0.2) is 35.7 Å². The Hall–Kier alpha value is -2.34. The Morgan fingerprint density at radius 3 is 2.24 bits per heavy atom. The van der Waals surface area contributed by atoms with Gasteiger partial charge in [-0.1, -0.05) is 6.07 Å². The highest BCUT2D eigenvalue weighted by atomic mass is 32.1. The molecule has 5 nitrogen and oxygen atoms in total. The minimum absolute atomic E-state index is 0.00236. The number of rotatable bonds is 5. The Kier molecular flexibility index (Phi) is 5.38. The molecule has 0 unspecified atom stereocenters. The molecule has 0 bridgehead atoms. The number of benzene rings is 1. The van der Waals surface area contributed by atoms with Crippen molar-refractivity contribution in [3.05, 3.63) is 46.2 Å². The fourth-order valence-electron chi connectivity index (χ4n) is 3.08. The van der Waals surface area contributed by atoms with E-state index in [2.05, 4.69) is 0 Å². The van der Waals surface area contributed by atoms with Crippen molar-refractivity contribution in [1.82, 2.24) is 4.90 Å². The monoisotopic (exact) mass is 359 g/mol. The Morgan fingerprint density at radius 2 is 1.72 bits per heavy atom. The van der Waals surface area contributed by atoms with Crippen LogP contribution in [0.2, 0.25) is 0 Å². The van der Waals surface area contributed by atoms with Gasteiger partial charge in [-0.2, -0.15) is 0 Å². The Morgan fingerprint density at radius 1 is 1.08 bits per heavy atom. The van der Waals surface area contributed by atoms with Crippen molar-refractivity contribution in [3.63, 3.8) is 0 Å². The van der Waals surface area contributed by atoms with Crippen LogP contribution in [0.5, 0.6) is 11.5 Å². The first-order valence-electron chi connectivity index (χ1n) is 8.22. The summed E-state index contributed by atoms with van der Waals surface area (Å²) in [6.07, 6.45) is 1.40. The number of methoxy groups -OCH3 is 2. The molecule has 25 heavy (non-hydrogen) atoms. The van der Waals surface area contributed by atoms with Crippen molar-refractivity contribution >= 4 is 23.0 Å². The molecule has 0 spiro atoms. The summed E-state index contributed by atoms with van der Waals surface area (Å²) in [7, 11) is 3.12. The number of piperidine rings is 1. The van der Waals surface area contributed by atoms with E-state index >= 15 is 0 Å². The summed E-state index contributed by atoms with van der Waals surface area (Å²) in [6, 6.07) is 8.93. The van der Waals surface area contributed by atoms with Crippen LogP contribution in [0.25, 0.3) is 0 Å². The van der Waals surface area contributed by atoms with E-state index < -0.39 is 0 Å². The van der Waals surface area contributed by atoms with Gasteiger partial charge in [0.2, 0.25) is 0 Å². The molecule has 1 aromatic heterocycles. The topological polar surface area (TPSA) is 55.8 Å². The summed E-state index contributed by atoms with van der Waals surface area (Å²) in [5.74, 6) is 1.32. The minimum Gasteiger partial charge on any atom is -0.497 e. The lowest BCUT2D eigenvalue weighted by Crippen LogP contribution is -2.40. The summed E-state index contributed by atoms with van der Waals surface area (Å²) in [5, 5.41) is 1.92. The average Bonchev–Trinajstić information content (AvgIpc) is 3.21. The van der Waals surface area contributed by atoms with Crippen molar-refractivity contribution in [1.29, 1.82) is 0 Å². The maximum atomic E-state index is 12.8. The number of ketones is 1. The van der Waals surface area contributed by atoms with Gasteiger partial charge in [0.1, 0.15) is 11.5 Å². The van der Waals surface area contributed by atoms with Gasteiger partial charge in [-0.05, 0) is 36.4 Å². The van der Waals surface area contributed by atoms with E-state index in [0.717, 1.165) is 4.88 Å². The summed E-state index contributed by atoms with van der Waals surface area (Å²) in [5.41, 5.74) is 0.541. The molecule has 0 saturated carbocycles. The van der Waals surface area contributed by atoms with Gasteiger partial charge < -0.3 is 14.4 Å². The fraction of sp³-hybridized carbons (Fsp3) is 0.368. The van der Waals surface area contributed by atoms with Gasteiger partial charge in [-0.15, -0.1) is 11.3 Å². The molecule has 1 aliphatic heterocycles. The molecule has 2 aromatic rings. The molecule has 0 atom stereocenters. The van der Waals surface area contributed by atoms with E-state index in [0.29, 0.717) is 43.0 Å². The van der Waals surface area contributed by atoms with Crippen LogP contribution < -0.4 is 9.47 Å². The summed E-state index contributed by atoms with van der Waals surface area (Å²) >= 11 is 1.48. The first kappa shape index (κ1) is 17.5. The Balaban J connectivity index is 1.66. The molecule has 1 fully saturated rings. The number of hydrogen-bond acceptors (Lipinski definition) is 5. The number of carbonyl (C=O) groups excluding carboxylic acids is 2. The van der Waals surface area contributed by atoms with Gasteiger partial charge in [0.25, 0.3) is 5.91 Å². The van der Waals surface area contributed by atoms with Crippen LogP contribution in [0.1, 0.15) is 32.9 Å². The molecule has 1 amide bonds. The highest BCUT2D eigenvalue weighted by molar-refractivity contribution is 7.12. The lowest BCUT2D eigenvalue weighted by atomic mass is 9.91. The smallest absolute Gasteiger partial charge is 0.254 e. The Bertz CT molecular complexity index is 727. The van der Waals surface area contributed by atoms with Gasteiger partial charge in [0.05, 0.1) is 19.1 Å². The van der Waals surface area contributed by atoms with Crippen LogP contribution in [-0.4, -0.2) is 43.9 Å². The third-order valence-electron chi connectivity index (χ3n) is 4.52. The summed E-state index contributed by atoms with van der Waals surface area (Å²) < 4.78 is 10.5. The third-order valence-corrected chi connectivity index (χ3v) is 5.40. The average molecular weight is 359 g/mol. The van der Waals surface area contributed by atoms with Crippen LogP contribution >= 0.6 is 11.3 Å². The van der Waals surface area contributed by atoms with Crippen LogP contribution in [0, 0.1) is 5.92 Å². The first-order chi connectivity index (χ1) is 12.1. The molecule has 0 radical (unpaired) electrons. The molecule has 6 heteroatoms. The molecular formula is C19H21NO4S. The van der Waals surface area contributed by atoms with E-state index in [1.165, 1.54) is 11.3 Å². The van der Waals surface area contributed by atoms with Crippen LogP contribution in [-0.2, 0) is 0 Å². The van der Waals surface area contributed by atoms with Gasteiger partial charge in [-0.3, -0.25) is 9.59 Å². The van der Waals surface area contributed by atoms with E-state index in [9.17, 15) is 9.59 Å². The largest absolute Gasteiger partial charge is 0.497 e. The second-order valence-corrected chi connectivity index (χ2v) is 6.96. The lowest BCUT2D eigenvalue weighted by Gasteiger charge is -2.31. The molecular weight excluding hydrogens is 338 g/mol. The van der Waals surface area contributed by atoms with E-state index in [4.69, 9.17) is 9.47 Å². The zero-order valence-electron chi connectivity index (χ0n) is 14.4. The predicted octanol–water partition coefficient (Wildman–Crippen LogP) is 3.50. The predicted molar refractivity (Wildman–Crippen MR) is 96.8 cm³/mol. The normalized spacial score (nSPS) is 15.0. The van der Waals surface area contributed by atoms with Crippen molar-refractivity contribution in [2.75, 3.05) is 27.3 Å². The number of likely N-dealkylation sites (tertiary alicyclic amines) is 1. The number of carbonyl (C=O) groups is 2. The maximum absolute atomic E-state index is 12.8. The number of amides is 1. The molecule has 3 rings (SSSR count). The van der Waals surface area contributed by atoms with Gasteiger partial charge in [0.15, 0.2) is 5.78 Å². The van der Waals surface area contributed by atoms with Crippen molar-refractivity contribution in [2.24, 2.45) is 5.92 Å². The van der Waals surface area contributed by atoms with E-state index in [-0.39, 0.29) is 17.6 Å². The molecule has 1 aromatic carbocycles. The fourth-order valence-corrected chi connectivity index (χ4v) is 3.82. The van der Waals surface area contributed by atoms with Gasteiger partial charge in [0, 0.05) is 30.6 Å². The number of thiophene rings is 1. The first-order valence-corrected chi connectivity index (χ1v) is 9.10. The van der Waals surface area contributed by atoms with Crippen LogP contribution in [0.4, 0.5) is 0 Å². The number of Topliss-reactive ketones (excluding diaryl/α,β-unsaturated/α-hetero) is 1. The lowest BCUT2D eigenvalue weighted by molar-refractivity contribution is 0.0651. The Labute approximate surface area is 151 Å². The number of nitrogens with zero attached hydrogens (tertiary/aromatic N) is 1. The number of hydrogen-bond donors (Lipinski definition) is 0. The highest BCUT2D eigenvalue weighted by Gasteiger charge is 2.29.